The highest BCUT2D eigenvalue weighted by Gasteiger charge is 2.10. The molecule has 108 valence electrons. The zero-order chi connectivity index (χ0) is 15.5. The van der Waals surface area contributed by atoms with E-state index in [0.717, 1.165) is 27.5 Å². The van der Waals surface area contributed by atoms with Crippen molar-refractivity contribution in [2.75, 3.05) is 0 Å². The van der Waals surface area contributed by atoms with Gasteiger partial charge >= 0.3 is 0 Å². The zero-order valence-electron chi connectivity index (χ0n) is 12.3. The van der Waals surface area contributed by atoms with Crippen molar-refractivity contribution in [3.05, 3.63) is 58.2 Å². The lowest BCUT2D eigenvalue weighted by Gasteiger charge is -1.96. The van der Waals surface area contributed by atoms with Gasteiger partial charge in [0.05, 0.1) is 17.5 Å². The van der Waals surface area contributed by atoms with Crippen LogP contribution in [0.25, 0.3) is 22.9 Å². The number of allylic oxidation sites excluding steroid dienone is 1. The lowest BCUT2D eigenvalue weighted by Crippen LogP contribution is -1.92. The van der Waals surface area contributed by atoms with Gasteiger partial charge < -0.3 is 0 Å². The second kappa shape index (κ2) is 5.96. The SMILES string of the molecule is Cc1c(C=C(C#N)c2nc(-c3ccccc3)cs2)cnn1C. The topological polar surface area (TPSA) is 54.5 Å². The van der Waals surface area contributed by atoms with Gasteiger partial charge in [0.2, 0.25) is 0 Å². The molecule has 0 N–H and O–H groups in total. The minimum Gasteiger partial charge on any atom is -0.272 e. The second-order valence-corrected chi connectivity index (χ2v) is 5.74. The average Bonchev–Trinajstić information content (AvgIpc) is 3.15. The van der Waals surface area contributed by atoms with Gasteiger partial charge in [-0.25, -0.2) is 4.98 Å². The van der Waals surface area contributed by atoms with Crippen molar-refractivity contribution < 1.29 is 0 Å². The number of benzene rings is 1. The molecule has 0 aliphatic carbocycles. The lowest BCUT2D eigenvalue weighted by molar-refractivity contribution is 0.740. The van der Waals surface area contributed by atoms with Gasteiger partial charge in [0.1, 0.15) is 11.1 Å². The Morgan fingerprint density at radius 2 is 2.09 bits per heavy atom. The molecule has 0 saturated heterocycles. The van der Waals surface area contributed by atoms with E-state index >= 15 is 0 Å². The first kappa shape index (κ1) is 14.2. The van der Waals surface area contributed by atoms with Gasteiger partial charge in [0.15, 0.2) is 0 Å². The minimum absolute atomic E-state index is 0.559. The molecular formula is C17H14N4S. The summed E-state index contributed by atoms with van der Waals surface area (Å²) >= 11 is 1.48. The van der Waals surface area contributed by atoms with Gasteiger partial charge in [0.25, 0.3) is 0 Å². The van der Waals surface area contributed by atoms with Gasteiger partial charge in [-0.15, -0.1) is 11.3 Å². The van der Waals surface area contributed by atoms with Crippen LogP contribution < -0.4 is 0 Å². The highest BCUT2D eigenvalue weighted by Crippen LogP contribution is 2.27. The fraction of sp³-hybridized carbons (Fsp3) is 0.118. The molecule has 3 aromatic rings. The van der Waals surface area contributed by atoms with Crippen LogP contribution in [0.3, 0.4) is 0 Å². The summed E-state index contributed by atoms with van der Waals surface area (Å²) in [5.41, 5.74) is 4.47. The molecule has 0 radical (unpaired) electrons. The van der Waals surface area contributed by atoms with E-state index < -0.39 is 0 Å². The van der Waals surface area contributed by atoms with Crippen LogP contribution in [0.1, 0.15) is 16.3 Å². The number of nitriles is 1. The van der Waals surface area contributed by atoms with E-state index in [0.29, 0.717) is 5.57 Å². The van der Waals surface area contributed by atoms with Crippen molar-refractivity contribution in [1.29, 1.82) is 5.26 Å². The summed E-state index contributed by atoms with van der Waals surface area (Å²) in [6.45, 7) is 1.98. The third-order valence-electron chi connectivity index (χ3n) is 3.50. The molecule has 0 atom stereocenters. The van der Waals surface area contributed by atoms with Crippen LogP contribution in [0.15, 0.2) is 41.9 Å². The van der Waals surface area contributed by atoms with Crippen LogP contribution in [0.5, 0.6) is 0 Å². The molecule has 2 heterocycles. The van der Waals surface area contributed by atoms with Crippen LogP contribution in [0.4, 0.5) is 0 Å². The molecule has 0 bridgehead atoms. The number of aromatic nitrogens is 3. The van der Waals surface area contributed by atoms with E-state index in [1.54, 1.807) is 10.9 Å². The van der Waals surface area contributed by atoms with Crippen LogP contribution >= 0.6 is 11.3 Å². The first-order valence-corrected chi connectivity index (χ1v) is 7.68. The second-order valence-electron chi connectivity index (χ2n) is 4.88. The van der Waals surface area contributed by atoms with Crippen molar-refractivity contribution in [2.45, 2.75) is 6.92 Å². The average molecular weight is 306 g/mol. The standard InChI is InChI=1S/C17H14N4S/c1-12-15(10-19-21(12)2)8-14(9-18)17-20-16(11-22-17)13-6-4-3-5-7-13/h3-8,10-11H,1-2H3. The molecule has 4 nitrogen and oxygen atoms in total. The van der Waals surface area contributed by atoms with E-state index in [2.05, 4.69) is 16.2 Å². The van der Waals surface area contributed by atoms with E-state index in [1.165, 1.54) is 11.3 Å². The normalized spacial score (nSPS) is 11.4. The van der Waals surface area contributed by atoms with Crippen LogP contribution in [-0.2, 0) is 7.05 Å². The van der Waals surface area contributed by atoms with Gasteiger partial charge in [0, 0.05) is 29.2 Å². The quantitative estimate of drug-likeness (QED) is 0.689. The first-order chi connectivity index (χ1) is 10.7. The molecule has 0 spiro atoms. The molecule has 5 heteroatoms. The van der Waals surface area contributed by atoms with E-state index in [9.17, 15) is 5.26 Å². The molecule has 3 rings (SSSR count). The van der Waals surface area contributed by atoms with E-state index in [1.807, 2.05) is 55.8 Å². The van der Waals surface area contributed by atoms with Crippen LogP contribution in [0.2, 0.25) is 0 Å². The predicted molar refractivity (Wildman–Crippen MR) is 89.0 cm³/mol. The van der Waals surface area contributed by atoms with Gasteiger partial charge in [-0.3, -0.25) is 4.68 Å². The van der Waals surface area contributed by atoms with Crippen molar-refractivity contribution in [3.8, 4) is 17.3 Å². The Hall–Kier alpha value is -2.71. The highest BCUT2D eigenvalue weighted by atomic mass is 32.1. The van der Waals surface area contributed by atoms with Crippen molar-refractivity contribution in [2.24, 2.45) is 7.05 Å². The van der Waals surface area contributed by atoms with Crippen LogP contribution in [0, 0.1) is 18.3 Å². The predicted octanol–water partition coefficient (Wildman–Crippen LogP) is 3.92. The summed E-state index contributed by atoms with van der Waals surface area (Å²) in [7, 11) is 1.88. The van der Waals surface area contributed by atoms with Gasteiger partial charge in [-0.05, 0) is 13.0 Å². The highest BCUT2D eigenvalue weighted by molar-refractivity contribution is 7.11. The smallest absolute Gasteiger partial charge is 0.134 e. The maximum Gasteiger partial charge on any atom is 0.134 e. The number of hydrogen-bond acceptors (Lipinski definition) is 4. The Morgan fingerprint density at radius 1 is 1.32 bits per heavy atom. The Bertz CT molecular complexity index is 866. The fourth-order valence-corrected chi connectivity index (χ4v) is 2.89. The molecular weight excluding hydrogens is 292 g/mol. The lowest BCUT2D eigenvalue weighted by atomic mass is 10.1. The van der Waals surface area contributed by atoms with E-state index in [-0.39, 0.29) is 0 Å². The Labute approximate surface area is 133 Å². The number of thiazole rings is 1. The zero-order valence-corrected chi connectivity index (χ0v) is 13.1. The maximum atomic E-state index is 9.44. The third kappa shape index (κ3) is 2.69. The molecule has 1 aromatic carbocycles. The van der Waals surface area contributed by atoms with Gasteiger partial charge in [-0.1, -0.05) is 30.3 Å². The molecule has 0 unspecified atom stereocenters. The largest absolute Gasteiger partial charge is 0.272 e. The minimum atomic E-state index is 0.559. The fourth-order valence-electron chi connectivity index (χ4n) is 2.09. The molecule has 0 fully saturated rings. The van der Waals surface area contributed by atoms with E-state index in [4.69, 9.17) is 0 Å². The number of nitrogens with zero attached hydrogens (tertiary/aromatic N) is 4. The summed E-state index contributed by atoms with van der Waals surface area (Å²) < 4.78 is 1.79. The summed E-state index contributed by atoms with van der Waals surface area (Å²) in [6.07, 6.45) is 3.61. The molecule has 0 amide bonds. The Kier molecular flexibility index (Phi) is 3.86. The maximum absolute atomic E-state index is 9.44. The summed E-state index contributed by atoms with van der Waals surface area (Å²) in [4.78, 5) is 4.58. The third-order valence-corrected chi connectivity index (χ3v) is 4.37. The molecule has 0 saturated carbocycles. The molecule has 2 aromatic heterocycles. The first-order valence-electron chi connectivity index (χ1n) is 6.81. The van der Waals surface area contributed by atoms with Crippen molar-refractivity contribution in [3.63, 3.8) is 0 Å². The summed E-state index contributed by atoms with van der Waals surface area (Å²) in [5, 5.41) is 16.3. The number of hydrogen-bond donors (Lipinski definition) is 0. The number of aryl methyl sites for hydroxylation is 1. The monoisotopic (exact) mass is 306 g/mol. The molecule has 0 aliphatic rings. The number of rotatable bonds is 3. The summed E-state index contributed by atoms with van der Waals surface area (Å²) in [5.74, 6) is 0. The molecule has 22 heavy (non-hydrogen) atoms. The van der Waals surface area contributed by atoms with Crippen molar-refractivity contribution >= 4 is 23.0 Å². The van der Waals surface area contributed by atoms with Gasteiger partial charge in [-0.2, -0.15) is 10.4 Å². The Balaban J connectivity index is 1.97. The van der Waals surface area contributed by atoms with Crippen LogP contribution in [-0.4, -0.2) is 14.8 Å². The molecule has 0 aliphatic heterocycles. The summed E-state index contributed by atoms with van der Waals surface area (Å²) in [6, 6.07) is 12.2. The Morgan fingerprint density at radius 3 is 2.73 bits per heavy atom. The van der Waals surface area contributed by atoms with Crippen molar-refractivity contribution in [1.82, 2.24) is 14.8 Å².